The molecule has 0 aromatic carbocycles. The molecule has 14 heavy (non-hydrogen) atoms. The summed E-state index contributed by atoms with van der Waals surface area (Å²) in [5.74, 6) is 0.173. The van der Waals surface area contributed by atoms with E-state index in [0.717, 1.165) is 0 Å². The summed E-state index contributed by atoms with van der Waals surface area (Å²) in [4.78, 5) is 12.7. The molecule has 6 heteroatoms. The Bertz CT molecular complexity index is 406. The quantitative estimate of drug-likeness (QED) is 0.620. The third-order valence-corrected chi connectivity index (χ3v) is 2.11. The lowest BCUT2D eigenvalue weighted by Gasteiger charge is -2.12. The molecule has 1 saturated heterocycles. The van der Waals surface area contributed by atoms with Crippen LogP contribution in [-0.4, -0.2) is 33.9 Å². The number of carbonyl (C=O) groups excluding carboxylic acids is 1. The van der Waals surface area contributed by atoms with Crippen molar-refractivity contribution in [3.63, 3.8) is 0 Å². The van der Waals surface area contributed by atoms with E-state index in [4.69, 9.17) is 5.26 Å². The van der Waals surface area contributed by atoms with Crippen molar-refractivity contribution in [3.8, 4) is 6.07 Å². The van der Waals surface area contributed by atoms with Crippen molar-refractivity contribution in [2.75, 3.05) is 11.4 Å². The minimum atomic E-state index is -0.655. The van der Waals surface area contributed by atoms with Crippen molar-refractivity contribution in [3.05, 3.63) is 11.8 Å². The predicted molar refractivity (Wildman–Crippen MR) is 46.3 cm³/mol. The fraction of sp³-hybridized carbons (Fsp3) is 0.375. The average molecular weight is 192 g/mol. The van der Waals surface area contributed by atoms with Gasteiger partial charge in [0.2, 0.25) is 5.91 Å². The van der Waals surface area contributed by atoms with E-state index in [9.17, 15) is 9.90 Å². The molecule has 1 aromatic rings. The number of nitrogens with zero attached hydrogens (tertiary/aromatic N) is 3. The summed E-state index contributed by atoms with van der Waals surface area (Å²) in [6.45, 7) is 0.218. The molecule has 2 N–H and O–H groups in total. The molecule has 2 heterocycles. The maximum absolute atomic E-state index is 11.4. The number of nitriles is 1. The zero-order valence-corrected chi connectivity index (χ0v) is 7.27. The van der Waals surface area contributed by atoms with E-state index in [0.29, 0.717) is 11.4 Å². The lowest BCUT2D eigenvalue weighted by Crippen LogP contribution is -2.26. The first-order valence-electron chi connectivity index (χ1n) is 4.14. The SMILES string of the molecule is N#Cc1cn[nH]c1N1CC(O)CC1=O. The first kappa shape index (κ1) is 8.72. The molecule has 1 aromatic heterocycles. The van der Waals surface area contributed by atoms with Gasteiger partial charge in [0.25, 0.3) is 0 Å². The maximum atomic E-state index is 11.4. The highest BCUT2D eigenvalue weighted by Crippen LogP contribution is 2.22. The highest BCUT2D eigenvalue weighted by atomic mass is 16.3. The monoisotopic (exact) mass is 192 g/mol. The van der Waals surface area contributed by atoms with Gasteiger partial charge < -0.3 is 5.11 Å². The molecule has 1 unspecified atom stereocenters. The highest BCUT2D eigenvalue weighted by Gasteiger charge is 2.31. The largest absolute Gasteiger partial charge is 0.391 e. The smallest absolute Gasteiger partial charge is 0.230 e. The van der Waals surface area contributed by atoms with Crippen LogP contribution in [0.25, 0.3) is 0 Å². The summed E-state index contributed by atoms with van der Waals surface area (Å²) in [5.41, 5.74) is 0.312. The van der Waals surface area contributed by atoms with E-state index in [2.05, 4.69) is 10.2 Å². The molecule has 1 fully saturated rings. The first-order chi connectivity index (χ1) is 6.72. The van der Waals surface area contributed by atoms with Crippen molar-refractivity contribution >= 4 is 11.7 Å². The van der Waals surface area contributed by atoms with Crippen LogP contribution in [0, 0.1) is 11.3 Å². The summed E-state index contributed by atoms with van der Waals surface area (Å²) in [6.07, 6.45) is 0.800. The van der Waals surface area contributed by atoms with Gasteiger partial charge in [-0.2, -0.15) is 10.4 Å². The minimum absolute atomic E-state index is 0.101. The molecule has 2 rings (SSSR count). The maximum Gasteiger partial charge on any atom is 0.230 e. The Labute approximate surface area is 79.8 Å². The second-order valence-electron chi connectivity index (χ2n) is 3.11. The Morgan fingerprint density at radius 2 is 2.57 bits per heavy atom. The van der Waals surface area contributed by atoms with Gasteiger partial charge >= 0.3 is 0 Å². The van der Waals surface area contributed by atoms with Crippen LogP contribution >= 0.6 is 0 Å². The Balaban J connectivity index is 2.32. The molecule has 1 atom stereocenters. The predicted octanol–water partition coefficient (Wildman–Crippen LogP) is -0.621. The number of nitrogens with one attached hydrogen (secondary N) is 1. The van der Waals surface area contributed by atoms with Crippen molar-refractivity contribution in [2.45, 2.75) is 12.5 Å². The summed E-state index contributed by atoms with van der Waals surface area (Å²) in [5, 5.41) is 24.2. The van der Waals surface area contributed by atoms with Gasteiger partial charge in [-0.25, -0.2) is 0 Å². The average Bonchev–Trinajstić information content (AvgIpc) is 2.71. The third kappa shape index (κ3) is 1.24. The summed E-state index contributed by atoms with van der Waals surface area (Å²) in [6, 6.07) is 1.92. The van der Waals surface area contributed by atoms with Gasteiger partial charge in [0.05, 0.1) is 25.3 Å². The first-order valence-corrected chi connectivity index (χ1v) is 4.14. The van der Waals surface area contributed by atoms with E-state index in [1.54, 1.807) is 0 Å². The molecule has 0 radical (unpaired) electrons. The van der Waals surface area contributed by atoms with Crippen LogP contribution in [0.2, 0.25) is 0 Å². The van der Waals surface area contributed by atoms with Gasteiger partial charge in [-0.15, -0.1) is 0 Å². The second kappa shape index (κ2) is 3.12. The zero-order valence-electron chi connectivity index (χ0n) is 7.27. The van der Waals surface area contributed by atoms with E-state index < -0.39 is 6.10 Å². The molecular formula is C8H8N4O2. The Hall–Kier alpha value is -1.87. The zero-order chi connectivity index (χ0) is 10.1. The number of hydrogen-bond donors (Lipinski definition) is 2. The fourth-order valence-electron chi connectivity index (χ4n) is 1.47. The Kier molecular flexibility index (Phi) is 1.94. The number of aromatic amines is 1. The fourth-order valence-corrected chi connectivity index (χ4v) is 1.47. The van der Waals surface area contributed by atoms with Crippen molar-refractivity contribution in [1.29, 1.82) is 5.26 Å². The number of H-pyrrole nitrogens is 1. The van der Waals surface area contributed by atoms with Crippen LogP contribution in [0.15, 0.2) is 6.20 Å². The van der Waals surface area contributed by atoms with Crippen LogP contribution in [0.3, 0.4) is 0 Å². The van der Waals surface area contributed by atoms with Gasteiger partial charge in [-0.3, -0.25) is 14.8 Å². The van der Waals surface area contributed by atoms with Crippen LogP contribution in [0.1, 0.15) is 12.0 Å². The number of amides is 1. The molecule has 72 valence electrons. The van der Waals surface area contributed by atoms with E-state index in [1.807, 2.05) is 6.07 Å². The molecule has 1 amide bonds. The van der Waals surface area contributed by atoms with Gasteiger partial charge in [0.1, 0.15) is 17.5 Å². The molecule has 0 aliphatic carbocycles. The number of anilines is 1. The van der Waals surface area contributed by atoms with Crippen molar-refractivity contribution in [2.24, 2.45) is 0 Å². The minimum Gasteiger partial charge on any atom is -0.391 e. The normalized spacial score (nSPS) is 21.3. The van der Waals surface area contributed by atoms with E-state index in [1.165, 1.54) is 11.1 Å². The molecule has 6 nitrogen and oxygen atoms in total. The van der Waals surface area contributed by atoms with Crippen molar-refractivity contribution in [1.82, 2.24) is 10.2 Å². The van der Waals surface area contributed by atoms with Crippen LogP contribution in [0.4, 0.5) is 5.82 Å². The van der Waals surface area contributed by atoms with Crippen LogP contribution in [0.5, 0.6) is 0 Å². The molecule has 0 bridgehead atoms. The third-order valence-electron chi connectivity index (χ3n) is 2.11. The number of hydrogen-bond acceptors (Lipinski definition) is 4. The lowest BCUT2D eigenvalue weighted by atomic mass is 10.3. The van der Waals surface area contributed by atoms with Crippen LogP contribution < -0.4 is 4.90 Å². The number of aromatic nitrogens is 2. The number of aliphatic hydroxyl groups is 1. The second-order valence-corrected chi connectivity index (χ2v) is 3.11. The number of aliphatic hydroxyl groups excluding tert-OH is 1. The Morgan fingerprint density at radius 1 is 1.79 bits per heavy atom. The Morgan fingerprint density at radius 3 is 3.14 bits per heavy atom. The molecule has 0 spiro atoms. The van der Waals surface area contributed by atoms with Gasteiger partial charge in [0, 0.05) is 0 Å². The van der Waals surface area contributed by atoms with Gasteiger partial charge in [-0.05, 0) is 0 Å². The highest BCUT2D eigenvalue weighted by molar-refractivity contribution is 5.96. The summed E-state index contributed by atoms with van der Waals surface area (Å²) < 4.78 is 0. The van der Waals surface area contributed by atoms with Crippen molar-refractivity contribution < 1.29 is 9.90 Å². The number of β-amino-alcohol motifs (C(OH)–C–C–N with tert-alkyl or cyclic N) is 1. The molecular weight excluding hydrogens is 184 g/mol. The standard InChI is InChI=1S/C8H8N4O2/c9-2-5-3-10-11-8(5)12-4-6(13)1-7(12)14/h3,6,13H,1,4H2,(H,10,11). The topological polar surface area (TPSA) is 93.0 Å². The molecule has 0 saturated carbocycles. The van der Waals surface area contributed by atoms with Gasteiger partial charge in [-0.1, -0.05) is 0 Å². The van der Waals surface area contributed by atoms with E-state index >= 15 is 0 Å². The lowest BCUT2D eigenvalue weighted by molar-refractivity contribution is -0.117. The number of rotatable bonds is 1. The molecule has 1 aliphatic rings. The van der Waals surface area contributed by atoms with Crippen LogP contribution in [-0.2, 0) is 4.79 Å². The summed E-state index contributed by atoms with van der Waals surface area (Å²) >= 11 is 0. The number of carbonyl (C=O) groups is 1. The van der Waals surface area contributed by atoms with E-state index in [-0.39, 0.29) is 18.9 Å². The summed E-state index contributed by atoms with van der Waals surface area (Å²) in [7, 11) is 0. The van der Waals surface area contributed by atoms with Gasteiger partial charge in [0.15, 0.2) is 0 Å². The molecule has 1 aliphatic heterocycles.